The van der Waals surface area contributed by atoms with Crippen LogP contribution in [0.25, 0.3) is 11.7 Å². The van der Waals surface area contributed by atoms with Gasteiger partial charge in [0, 0.05) is 6.04 Å². The lowest BCUT2D eigenvalue weighted by Gasteiger charge is -2.26. The van der Waals surface area contributed by atoms with Gasteiger partial charge in [-0.2, -0.15) is 4.98 Å². The summed E-state index contributed by atoms with van der Waals surface area (Å²) in [6.07, 6.45) is 4.87. The van der Waals surface area contributed by atoms with Gasteiger partial charge in [-0.25, -0.2) is 0 Å². The van der Waals surface area contributed by atoms with Crippen LogP contribution in [0.4, 0.5) is 0 Å². The topological polar surface area (TPSA) is 101 Å². The minimum absolute atomic E-state index is 0.186. The summed E-state index contributed by atoms with van der Waals surface area (Å²) in [5.41, 5.74) is 0. The number of aromatic nitrogens is 2. The van der Waals surface area contributed by atoms with Crippen LogP contribution in [0.15, 0.2) is 27.3 Å². The van der Waals surface area contributed by atoms with Gasteiger partial charge >= 0.3 is 5.97 Å². The maximum Gasteiger partial charge on any atom is 0.306 e. The number of nitrogens with one attached hydrogen (secondary N) is 1. The van der Waals surface area contributed by atoms with Crippen LogP contribution in [0.1, 0.15) is 31.5 Å². The fraction of sp³-hybridized carbons (Fsp3) is 0.500. The van der Waals surface area contributed by atoms with Crippen molar-refractivity contribution in [2.24, 2.45) is 5.92 Å². The summed E-state index contributed by atoms with van der Waals surface area (Å²) in [7, 11) is 0. The molecule has 1 fully saturated rings. The van der Waals surface area contributed by atoms with Crippen molar-refractivity contribution in [2.75, 3.05) is 0 Å². The number of aliphatic carboxylic acids is 1. The molecule has 0 amide bonds. The van der Waals surface area contributed by atoms with E-state index in [2.05, 4.69) is 15.5 Å². The third-order valence-corrected chi connectivity index (χ3v) is 3.77. The van der Waals surface area contributed by atoms with Crippen LogP contribution in [0.2, 0.25) is 0 Å². The van der Waals surface area contributed by atoms with E-state index in [9.17, 15) is 4.79 Å². The van der Waals surface area contributed by atoms with Crippen LogP contribution in [-0.4, -0.2) is 27.3 Å². The van der Waals surface area contributed by atoms with E-state index < -0.39 is 5.97 Å². The van der Waals surface area contributed by atoms with Gasteiger partial charge in [0.15, 0.2) is 11.6 Å². The molecular formula is C14H17N3O4. The van der Waals surface area contributed by atoms with Gasteiger partial charge in [0.25, 0.3) is 5.89 Å². The Labute approximate surface area is 121 Å². The Hall–Kier alpha value is -2.15. The quantitative estimate of drug-likeness (QED) is 0.869. The Morgan fingerprint density at radius 3 is 3.14 bits per heavy atom. The molecule has 0 bridgehead atoms. The molecule has 1 aliphatic rings. The molecule has 1 saturated carbocycles. The molecule has 0 aliphatic heterocycles. The molecule has 7 nitrogen and oxygen atoms in total. The average Bonchev–Trinajstić information content (AvgIpc) is 3.16. The third kappa shape index (κ3) is 3.30. The van der Waals surface area contributed by atoms with Crippen LogP contribution in [0.5, 0.6) is 0 Å². The number of furan rings is 1. The van der Waals surface area contributed by atoms with Crippen molar-refractivity contribution in [1.82, 2.24) is 15.5 Å². The number of carboxylic acid groups (broad SMARTS) is 1. The summed E-state index contributed by atoms with van der Waals surface area (Å²) in [5, 5.41) is 16.3. The van der Waals surface area contributed by atoms with Gasteiger partial charge < -0.3 is 19.4 Å². The van der Waals surface area contributed by atoms with Crippen molar-refractivity contribution in [3.05, 3.63) is 24.2 Å². The van der Waals surface area contributed by atoms with Gasteiger partial charge in [-0.1, -0.05) is 11.6 Å². The molecule has 2 N–H and O–H groups in total. The minimum atomic E-state index is -0.707. The van der Waals surface area contributed by atoms with E-state index >= 15 is 0 Å². The normalized spacial score (nSPS) is 22.3. The SMILES string of the molecule is O=C(O)C1CCCC(NCc2noc(-c3ccco3)n2)C1. The van der Waals surface area contributed by atoms with E-state index in [1.54, 1.807) is 18.4 Å². The number of hydrogen-bond acceptors (Lipinski definition) is 6. The van der Waals surface area contributed by atoms with E-state index in [0.29, 0.717) is 30.4 Å². The Morgan fingerprint density at radius 2 is 2.38 bits per heavy atom. The molecule has 2 unspecified atom stereocenters. The number of rotatable bonds is 5. The maximum absolute atomic E-state index is 11.0. The van der Waals surface area contributed by atoms with Crippen LogP contribution in [0.3, 0.4) is 0 Å². The summed E-state index contributed by atoms with van der Waals surface area (Å²) < 4.78 is 10.3. The second-order valence-electron chi connectivity index (χ2n) is 5.27. The zero-order valence-electron chi connectivity index (χ0n) is 11.5. The summed E-state index contributed by atoms with van der Waals surface area (Å²) in [4.78, 5) is 15.3. The Morgan fingerprint density at radius 1 is 1.48 bits per heavy atom. The molecule has 7 heteroatoms. The van der Waals surface area contributed by atoms with Gasteiger partial charge in [-0.05, 0) is 31.4 Å². The lowest BCUT2D eigenvalue weighted by atomic mass is 9.86. The molecule has 0 spiro atoms. The summed E-state index contributed by atoms with van der Waals surface area (Å²) in [5.74, 6) is 0.474. The van der Waals surface area contributed by atoms with E-state index in [-0.39, 0.29) is 12.0 Å². The molecule has 0 saturated heterocycles. The highest BCUT2D eigenvalue weighted by Crippen LogP contribution is 2.24. The second-order valence-corrected chi connectivity index (χ2v) is 5.27. The highest BCUT2D eigenvalue weighted by molar-refractivity contribution is 5.70. The minimum Gasteiger partial charge on any atom is -0.481 e. The number of carbonyl (C=O) groups is 1. The van der Waals surface area contributed by atoms with Gasteiger partial charge in [-0.15, -0.1) is 0 Å². The predicted molar refractivity (Wildman–Crippen MR) is 72.2 cm³/mol. The molecule has 2 aromatic rings. The Bertz CT molecular complexity index is 593. The lowest BCUT2D eigenvalue weighted by molar-refractivity contribution is -0.143. The fourth-order valence-corrected chi connectivity index (χ4v) is 2.66. The number of hydrogen-bond donors (Lipinski definition) is 2. The van der Waals surface area contributed by atoms with Gasteiger partial charge in [0.2, 0.25) is 0 Å². The van der Waals surface area contributed by atoms with Crippen molar-refractivity contribution in [1.29, 1.82) is 0 Å². The first-order valence-corrected chi connectivity index (χ1v) is 7.05. The monoisotopic (exact) mass is 291 g/mol. The van der Waals surface area contributed by atoms with Crippen molar-refractivity contribution < 1.29 is 18.8 Å². The van der Waals surface area contributed by atoms with Gasteiger partial charge in [0.05, 0.1) is 18.7 Å². The van der Waals surface area contributed by atoms with Gasteiger partial charge in [0.1, 0.15) is 0 Å². The molecule has 0 aromatic carbocycles. The fourth-order valence-electron chi connectivity index (χ4n) is 2.66. The van der Waals surface area contributed by atoms with E-state index in [4.69, 9.17) is 14.0 Å². The molecule has 1 aliphatic carbocycles. The first-order chi connectivity index (χ1) is 10.2. The van der Waals surface area contributed by atoms with E-state index in [0.717, 1.165) is 19.3 Å². The molecule has 2 aromatic heterocycles. The summed E-state index contributed by atoms with van der Waals surface area (Å²) in [6.45, 7) is 0.460. The zero-order valence-corrected chi connectivity index (χ0v) is 11.5. The lowest BCUT2D eigenvalue weighted by Crippen LogP contribution is -2.36. The van der Waals surface area contributed by atoms with Crippen molar-refractivity contribution in [3.8, 4) is 11.7 Å². The Balaban J connectivity index is 1.54. The van der Waals surface area contributed by atoms with E-state index in [1.807, 2.05) is 0 Å². The second kappa shape index (κ2) is 6.09. The highest BCUT2D eigenvalue weighted by atomic mass is 16.5. The van der Waals surface area contributed by atoms with Gasteiger partial charge in [-0.3, -0.25) is 4.79 Å². The van der Waals surface area contributed by atoms with Crippen molar-refractivity contribution in [2.45, 2.75) is 38.3 Å². The first-order valence-electron chi connectivity index (χ1n) is 7.05. The van der Waals surface area contributed by atoms with Crippen molar-refractivity contribution >= 4 is 5.97 Å². The smallest absolute Gasteiger partial charge is 0.306 e. The van der Waals surface area contributed by atoms with Crippen molar-refractivity contribution in [3.63, 3.8) is 0 Å². The molecule has 2 atom stereocenters. The molecule has 21 heavy (non-hydrogen) atoms. The zero-order chi connectivity index (χ0) is 14.7. The summed E-state index contributed by atoms with van der Waals surface area (Å²) in [6, 6.07) is 3.69. The van der Waals surface area contributed by atoms with Crippen LogP contribution < -0.4 is 5.32 Å². The van der Waals surface area contributed by atoms with Crippen LogP contribution >= 0.6 is 0 Å². The van der Waals surface area contributed by atoms with E-state index in [1.165, 1.54) is 0 Å². The third-order valence-electron chi connectivity index (χ3n) is 3.77. The number of nitrogens with zero attached hydrogens (tertiary/aromatic N) is 2. The summed E-state index contributed by atoms with van der Waals surface area (Å²) >= 11 is 0. The maximum atomic E-state index is 11.0. The highest BCUT2D eigenvalue weighted by Gasteiger charge is 2.26. The standard InChI is InChI=1S/C14H17N3O4/c18-14(19)9-3-1-4-10(7-9)15-8-12-16-13(21-17-12)11-5-2-6-20-11/h2,5-6,9-10,15H,1,3-4,7-8H2,(H,18,19). The first kappa shape index (κ1) is 13.8. The molecule has 3 rings (SSSR count). The average molecular weight is 291 g/mol. The Kier molecular flexibility index (Phi) is 4.01. The largest absolute Gasteiger partial charge is 0.481 e. The molecular weight excluding hydrogens is 274 g/mol. The van der Waals surface area contributed by atoms with Crippen LogP contribution in [-0.2, 0) is 11.3 Å². The van der Waals surface area contributed by atoms with Crippen LogP contribution in [0, 0.1) is 5.92 Å². The molecule has 0 radical (unpaired) electrons. The predicted octanol–water partition coefficient (Wildman–Crippen LogP) is 2.06. The molecule has 112 valence electrons. The molecule has 2 heterocycles. The number of carboxylic acids is 1.